The molecule has 0 radical (unpaired) electrons. The zero-order chi connectivity index (χ0) is 21.7. The molecule has 0 aromatic heterocycles. The summed E-state index contributed by atoms with van der Waals surface area (Å²) < 4.78 is 11.5. The number of hydrogen-bond donors (Lipinski definition) is 0. The van der Waals surface area contributed by atoms with Gasteiger partial charge in [0.25, 0.3) is 0 Å². The summed E-state index contributed by atoms with van der Waals surface area (Å²) in [6.45, 7) is 2.05. The number of aryl methyl sites for hydroxylation is 1. The Kier molecular flexibility index (Phi) is 6.39. The van der Waals surface area contributed by atoms with Crippen LogP contribution in [0.1, 0.15) is 11.1 Å². The molecule has 0 saturated carbocycles. The van der Waals surface area contributed by atoms with Gasteiger partial charge in [-0.1, -0.05) is 54.6 Å². The Bertz CT molecular complexity index is 1030. The van der Waals surface area contributed by atoms with Gasteiger partial charge in [-0.2, -0.15) is 0 Å². The van der Waals surface area contributed by atoms with Gasteiger partial charge in [-0.25, -0.2) is 0 Å². The molecule has 4 aromatic carbocycles. The quantitative estimate of drug-likeness (QED) is 0.362. The van der Waals surface area contributed by atoms with E-state index in [2.05, 4.69) is 110 Å². The fraction of sp³-hybridized carbons (Fsp3) is 0.143. The number of benzene rings is 4. The molecule has 0 spiro atoms. The van der Waals surface area contributed by atoms with Crippen molar-refractivity contribution in [2.45, 2.75) is 13.1 Å². The van der Waals surface area contributed by atoms with E-state index < -0.39 is 7.26 Å². The van der Waals surface area contributed by atoms with Gasteiger partial charge in [0, 0.05) is 5.56 Å². The molecule has 0 bridgehead atoms. The number of hydrogen-bond acceptors (Lipinski definition) is 2. The minimum atomic E-state index is -2.00. The number of methoxy groups -OCH3 is 2. The minimum absolute atomic E-state index is 0.852. The van der Waals surface area contributed by atoms with Crippen LogP contribution in [0.25, 0.3) is 0 Å². The van der Waals surface area contributed by atoms with Gasteiger partial charge in [0.2, 0.25) is 0 Å². The third kappa shape index (κ3) is 4.09. The van der Waals surface area contributed by atoms with Crippen molar-refractivity contribution < 1.29 is 9.47 Å². The molecule has 31 heavy (non-hydrogen) atoms. The maximum absolute atomic E-state index is 5.84. The van der Waals surface area contributed by atoms with E-state index in [0.29, 0.717) is 0 Å². The molecule has 0 heterocycles. The van der Waals surface area contributed by atoms with Crippen molar-refractivity contribution >= 4 is 23.2 Å². The summed E-state index contributed by atoms with van der Waals surface area (Å²) >= 11 is 0. The largest absolute Gasteiger partial charge is 0.496 e. The second-order valence-corrected chi connectivity index (χ2v) is 11.1. The normalized spacial score (nSPS) is 11.2. The van der Waals surface area contributed by atoms with Crippen LogP contribution in [-0.2, 0) is 6.16 Å². The Morgan fingerprint density at radius 3 is 1.39 bits per heavy atom. The van der Waals surface area contributed by atoms with Gasteiger partial charge in [-0.15, -0.1) is 0 Å². The van der Waals surface area contributed by atoms with Crippen LogP contribution in [0.4, 0.5) is 0 Å². The van der Waals surface area contributed by atoms with Crippen LogP contribution in [0, 0.1) is 6.92 Å². The summed E-state index contributed by atoms with van der Waals surface area (Å²) in [4.78, 5) is 0. The van der Waals surface area contributed by atoms with Crippen LogP contribution in [0.2, 0.25) is 0 Å². The first-order valence-electron chi connectivity index (χ1n) is 10.5. The van der Waals surface area contributed by atoms with Crippen LogP contribution >= 0.6 is 7.26 Å². The summed E-state index contributed by atoms with van der Waals surface area (Å²) in [5, 5.41) is 4.07. The van der Waals surface area contributed by atoms with Crippen molar-refractivity contribution in [2.24, 2.45) is 0 Å². The van der Waals surface area contributed by atoms with Gasteiger partial charge in [0.1, 0.15) is 40.8 Å². The topological polar surface area (TPSA) is 18.5 Å². The predicted octanol–water partition coefficient (Wildman–Crippen LogP) is 5.51. The maximum Gasteiger partial charge on any atom is 0.126 e. The highest BCUT2D eigenvalue weighted by Crippen LogP contribution is 2.59. The molecule has 0 aliphatic rings. The molecule has 3 heteroatoms. The Hall–Kier alpha value is -3.09. The molecule has 0 N–H and O–H groups in total. The molecular weight excluding hydrogens is 399 g/mol. The smallest absolute Gasteiger partial charge is 0.126 e. The van der Waals surface area contributed by atoms with Gasteiger partial charge in [-0.3, -0.25) is 0 Å². The van der Waals surface area contributed by atoms with Crippen LogP contribution in [0.5, 0.6) is 11.5 Å². The van der Waals surface area contributed by atoms with E-state index in [0.717, 1.165) is 28.8 Å². The van der Waals surface area contributed by atoms with E-state index >= 15 is 0 Å². The molecule has 0 aliphatic heterocycles. The van der Waals surface area contributed by atoms with Crippen molar-refractivity contribution in [3.63, 3.8) is 0 Å². The Morgan fingerprint density at radius 1 is 0.581 bits per heavy atom. The van der Waals surface area contributed by atoms with Crippen molar-refractivity contribution in [1.82, 2.24) is 0 Å². The average molecular weight is 428 g/mol. The summed E-state index contributed by atoms with van der Waals surface area (Å²) in [5.74, 6) is 1.80. The van der Waals surface area contributed by atoms with Gasteiger partial charge in [0.05, 0.1) is 14.2 Å². The van der Waals surface area contributed by atoms with Crippen LogP contribution in [-0.4, -0.2) is 14.2 Å². The van der Waals surface area contributed by atoms with Gasteiger partial charge < -0.3 is 9.47 Å². The van der Waals surface area contributed by atoms with Crippen molar-refractivity contribution in [3.05, 3.63) is 114 Å². The number of rotatable bonds is 7. The molecule has 156 valence electrons. The van der Waals surface area contributed by atoms with Crippen molar-refractivity contribution in [3.8, 4) is 11.5 Å². The summed E-state index contributed by atoms with van der Waals surface area (Å²) in [6.07, 6.45) is 0.852. The van der Waals surface area contributed by atoms with E-state index in [1.54, 1.807) is 14.2 Å². The summed E-state index contributed by atoms with van der Waals surface area (Å²) in [7, 11) is 1.48. The second kappa shape index (κ2) is 9.37. The first-order valence-corrected chi connectivity index (χ1v) is 12.4. The summed E-state index contributed by atoms with van der Waals surface area (Å²) in [5.41, 5.74) is 2.24. The van der Waals surface area contributed by atoms with E-state index in [4.69, 9.17) is 9.47 Å². The molecular formula is C28H28O2P+. The zero-order valence-corrected chi connectivity index (χ0v) is 19.2. The SMILES string of the molecule is COc1cc(C[P+](c2ccccc2)(c2ccccc2)c2ccccc2)c(OC)cc1C. The lowest BCUT2D eigenvalue weighted by atomic mass is 10.1. The lowest BCUT2D eigenvalue weighted by Gasteiger charge is -2.28. The van der Waals surface area contributed by atoms with Crippen molar-refractivity contribution in [2.75, 3.05) is 14.2 Å². The minimum Gasteiger partial charge on any atom is -0.496 e. The first-order chi connectivity index (χ1) is 15.2. The van der Waals surface area contributed by atoms with Crippen LogP contribution < -0.4 is 25.4 Å². The Balaban J connectivity index is 2.02. The average Bonchev–Trinajstić information content (AvgIpc) is 2.84. The van der Waals surface area contributed by atoms with E-state index in [1.807, 2.05) is 0 Å². The van der Waals surface area contributed by atoms with E-state index in [1.165, 1.54) is 15.9 Å². The molecule has 2 nitrogen and oxygen atoms in total. The zero-order valence-electron chi connectivity index (χ0n) is 18.3. The number of ether oxygens (including phenoxy) is 2. The maximum atomic E-state index is 5.84. The molecule has 0 amide bonds. The molecule has 0 aliphatic carbocycles. The highest BCUT2D eigenvalue weighted by Gasteiger charge is 2.46. The van der Waals surface area contributed by atoms with Gasteiger partial charge in [0.15, 0.2) is 0 Å². The summed E-state index contributed by atoms with van der Waals surface area (Å²) in [6, 6.07) is 37.0. The molecule has 0 atom stereocenters. The monoisotopic (exact) mass is 427 g/mol. The van der Waals surface area contributed by atoms with E-state index in [9.17, 15) is 0 Å². The standard InChI is InChI=1S/C28H28O2P/c1-22-19-28(30-3)23(20-27(22)29-2)21-31(24-13-7-4-8-14-24,25-15-9-5-10-16-25)26-17-11-6-12-18-26/h4-20H,21H2,1-3H3/q+1. The van der Waals surface area contributed by atoms with E-state index in [-0.39, 0.29) is 0 Å². The lowest BCUT2D eigenvalue weighted by molar-refractivity contribution is 0.397. The fourth-order valence-electron chi connectivity index (χ4n) is 4.26. The molecule has 0 saturated heterocycles. The highest BCUT2D eigenvalue weighted by atomic mass is 31.2. The molecule has 0 unspecified atom stereocenters. The highest BCUT2D eigenvalue weighted by molar-refractivity contribution is 7.95. The van der Waals surface area contributed by atoms with Gasteiger partial charge in [-0.05, 0) is 61.0 Å². The fourth-order valence-corrected chi connectivity index (χ4v) is 8.50. The Labute approximate surface area is 185 Å². The Morgan fingerprint density at radius 2 is 1.00 bits per heavy atom. The predicted molar refractivity (Wildman–Crippen MR) is 133 cm³/mol. The third-order valence-corrected chi connectivity index (χ3v) is 10.2. The molecule has 4 rings (SSSR count). The van der Waals surface area contributed by atoms with Crippen LogP contribution in [0.15, 0.2) is 103 Å². The molecule has 4 aromatic rings. The first kappa shape index (κ1) is 21.2. The molecule has 0 fully saturated rings. The van der Waals surface area contributed by atoms with Crippen molar-refractivity contribution in [1.29, 1.82) is 0 Å². The van der Waals surface area contributed by atoms with Gasteiger partial charge >= 0.3 is 0 Å². The third-order valence-electron chi connectivity index (χ3n) is 5.80. The lowest BCUT2D eigenvalue weighted by Crippen LogP contribution is -2.32. The second-order valence-electron chi connectivity index (χ2n) is 7.61. The van der Waals surface area contributed by atoms with Crippen LogP contribution in [0.3, 0.4) is 0 Å².